The highest BCUT2D eigenvalue weighted by atomic mass is 15.3. The lowest BCUT2D eigenvalue weighted by Gasteiger charge is -2.28. The van der Waals surface area contributed by atoms with Gasteiger partial charge in [0.05, 0.1) is 6.67 Å². The van der Waals surface area contributed by atoms with Crippen molar-refractivity contribution < 1.29 is 0 Å². The van der Waals surface area contributed by atoms with Crippen LogP contribution in [-0.4, -0.2) is 37.7 Å². The largest absolute Gasteiger partial charge is 0.372 e. The van der Waals surface area contributed by atoms with Gasteiger partial charge in [-0.25, -0.2) is 0 Å². The molecule has 0 spiro atoms. The minimum Gasteiger partial charge on any atom is -0.372 e. The van der Waals surface area contributed by atoms with Crippen molar-refractivity contribution >= 4 is 5.69 Å². The van der Waals surface area contributed by atoms with Gasteiger partial charge in [-0.3, -0.25) is 4.90 Å². The van der Waals surface area contributed by atoms with Gasteiger partial charge in [-0.2, -0.15) is 0 Å². The maximum absolute atomic E-state index is 3.56. The van der Waals surface area contributed by atoms with E-state index in [1.807, 2.05) is 0 Å². The van der Waals surface area contributed by atoms with E-state index in [1.54, 1.807) is 11.1 Å². The Bertz CT molecular complexity index is 397. The lowest BCUT2D eigenvalue weighted by Crippen LogP contribution is -2.45. The first kappa shape index (κ1) is 12.0. The summed E-state index contributed by atoms with van der Waals surface area (Å²) in [6.45, 7) is 5.51. The summed E-state index contributed by atoms with van der Waals surface area (Å²) < 4.78 is 0. The molecule has 1 aromatic carbocycles. The molecule has 1 saturated heterocycles. The monoisotopic (exact) mass is 245 g/mol. The van der Waals surface area contributed by atoms with Gasteiger partial charge in [0.25, 0.3) is 0 Å². The van der Waals surface area contributed by atoms with Crippen LogP contribution in [0.1, 0.15) is 24.0 Å². The highest BCUT2D eigenvalue weighted by Gasteiger charge is 2.11. The molecule has 98 valence electrons. The maximum Gasteiger partial charge on any atom is 0.0679 e. The molecule has 0 bridgehead atoms. The number of rotatable bonds is 3. The zero-order valence-electron chi connectivity index (χ0n) is 11.0. The molecule has 1 aliphatic carbocycles. The smallest absolute Gasteiger partial charge is 0.0679 e. The Labute approximate surface area is 110 Å². The van der Waals surface area contributed by atoms with E-state index in [2.05, 4.69) is 33.7 Å². The quantitative estimate of drug-likeness (QED) is 0.851. The summed E-state index contributed by atoms with van der Waals surface area (Å²) in [6, 6.07) is 6.91. The van der Waals surface area contributed by atoms with Gasteiger partial charge in [-0.05, 0) is 48.9 Å². The van der Waals surface area contributed by atoms with Crippen LogP contribution in [0.25, 0.3) is 0 Å². The summed E-state index contributed by atoms with van der Waals surface area (Å²) in [7, 11) is 0. The topological polar surface area (TPSA) is 27.3 Å². The van der Waals surface area contributed by atoms with E-state index in [0.29, 0.717) is 0 Å². The summed E-state index contributed by atoms with van der Waals surface area (Å²) in [5.41, 5.74) is 4.41. The van der Waals surface area contributed by atoms with E-state index in [1.165, 1.54) is 31.4 Å². The summed E-state index contributed by atoms with van der Waals surface area (Å²) >= 11 is 0. The van der Waals surface area contributed by atoms with Crippen molar-refractivity contribution in [1.82, 2.24) is 10.2 Å². The zero-order chi connectivity index (χ0) is 12.2. The van der Waals surface area contributed by atoms with Crippen molar-refractivity contribution in [2.45, 2.75) is 25.7 Å². The molecule has 0 amide bonds. The van der Waals surface area contributed by atoms with Crippen LogP contribution >= 0.6 is 0 Å². The molecule has 1 aliphatic heterocycles. The Morgan fingerprint density at radius 1 is 1.06 bits per heavy atom. The molecule has 0 saturated carbocycles. The van der Waals surface area contributed by atoms with Crippen LogP contribution in [0.15, 0.2) is 18.2 Å². The molecular weight excluding hydrogens is 222 g/mol. The summed E-state index contributed by atoms with van der Waals surface area (Å²) in [5, 5.41) is 6.95. The van der Waals surface area contributed by atoms with E-state index in [-0.39, 0.29) is 0 Å². The SMILES string of the molecule is c1cc2c(cc1NCN1CCNCC1)CCCC2. The molecule has 2 N–H and O–H groups in total. The van der Waals surface area contributed by atoms with E-state index < -0.39 is 0 Å². The number of hydrogen-bond acceptors (Lipinski definition) is 3. The molecule has 1 heterocycles. The molecule has 3 heteroatoms. The van der Waals surface area contributed by atoms with Gasteiger partial charge in [0.2, 0.25) is 0 Å². The maximum atomic E-state index is 3.56. The molecule has 3 rings (SSSR count). The molecule has 3 nitrogen and oxygen atoms in total. The number of nitrogens with zero attached hydrogens (tertiary/aromatic N) is 1. The lowest BCUT2D eigenvalue weighted by atomic mass is 9.91. The van der Waals surface area contributed by atoms with Crippen molar-refractivity contribution in [3.63, 3.8) is 0 Å². The lowest BCUT2D eigenvalue weighted by molar-refractivity contribution is 0.256. The number of fused-ring (bicyclic) bond motifs is 1. The first-order valence-corrected chi connectivity index (χ1v) is 7.20. The Morgan fingerprint density at radius 2 is 1.83 bits per heavy atom. The van der Waals surface area contributed by atoms with E-state index in [4.69, 9.17) is 0 Å². The number of anilines is 1. The normalized spacial score (nSPS) is 20.4. The molecule has 1 aromatic rings. The average Bonchev–Trinajstić information content (AvgIpc) is 2.46. The number of piperazine rings is 1. The van der Waals surface area contributed by atoms with E-state index >= 15 is 0 Å². The molecule has 0 atom stereocenters. The second-order valence-electron chi connectivity index (χ2n) is 5.39. The summed E-state index contributed by atoms with van der Waals surface area (Å²) in [4.78, 5) is 2.47. The molecule has 0 radical (unpaired) electrons. The van der Waals surface area contributed by atoms with Gasteiger partial charge < -0.3 is 10.6 Å². The predicted molar refractivity (Wildman–Crippen MR) is 76.0 cm³/mol. The highest BCUT2D eigenvalue weighted by Crippen LogP contribution is 2.24. The standard InChI is InChI=1S/C15H23N3/c1-2-4-14-11-15(6-5-13(14)3-1)17-12-18-9-7-16-8-10-18/h5-6,11,16-17H,1-4,7-10,12H2. The van der Waals surface area contributed by atoms with Crippen molar-refractivity contribution in [1.29, 1.82) is 0 Å². The molecule has 18 heavy (non-hydrogen) atoms. The van der Waals surface area contributed by atoms with Crippen molar-refractivity contribution in [3.8, 4) is 0 Å². The average molecular weight is 245 g/mol. The minimum absolute atomic E-state index is 0.973. The van der Waals surface area contributed by atoms with Crippen LogP contribution in [0.4, 0.5) is 5.69 Å². The van der Waals surface area contributed by atoms with Gasteiger partial charge in [0.1, 0.15) is 0 Å². The first-order valence-electron chi connectivity index (χ1n) is 7.20. The van der Waals surface area contributed by atoms with Gasteiger partial charge in [-0.15, -0.1) is 0 Å². The second-order valence-corrected chi connectivity index (χ2v) is 5.39. The number of hydrogen-bond donors (Lipinski definition) is 2. The summed E-state index contributed by atoms with van der Waals surface area (Å²) in [5.74, 6) is 0. The predicted octanol–water partition coefficient (Wildman–Crippen LogP) is 1.84. The number of aryl methyl sites for hydroxylation is 2. The van der Waals surface area contributed by atoms with Crippen LogP contribution in [0.5, 0.6) is 0 Å². The Hall–Kier alpha value is -1.06. The number of nitrogens with one attached hydrogen (secondary N) is 2. The number of benzene rings is 1. The summed E-state index contributed by atoms with van der Waals surface area (Å²) in [6.07, 6.45) is 5.25. The van der Waals surface area contributed by atoms with E-state index in [0.717, 1.165) is 32.8 Å². The van der Waals surface area contributed by atoms with E-state index in [9.17, 15) is 0 Å². The van der Waals surface area contributed by atoms with Crippen LogP contribution < -0.4 is 10.6 Å². The van der Waals surface area contributed by atoms with Gasteiger partial charge in [0.15, 0.2) is 0 Å². The fourth-order valence-electron chi connectivity index (χ4n) is 2.92. The second kappa shape index (κ2) is 5.72. The highest BCUT2D eigenvalue weighted by molar-refractivity contribution is 5.49. The van der Waals surface area contributed by atoms with Crippen LogP contribution in [0.3, 0.4) is 0 Å². The third-order valence-electron chi connectivity index (χ3n) is 4.06. The van der Waals surface area contributed by atoms with Gasteiger partial charge in [0, 0.05) is 31.9 Å². The molecule has 0 unspecified atom stereocenters. The van der Waals surface area contributed by atoms with Crippen LogP contribution in [-0.2, 0) is 12.8 Å². The van der Waals surface area contributed by atoms with Crippen LogP contribution in [0, 0.1) is 0 Å². The van der Waals surface area contributed by atoms with Gasteiger partial charge in [-0.1, -0.05) is 6.07 Å². The van der Waals surface area contributed by atoms with Crippen molar-refractivity contribution in [2.24, 2.45) is 0 Å². The molecular formula is C15H23N3. The molecule has 2 aliphatic rings. The van der Waals surface area contributed by atoms with Crippen molar-refractivity contribution in [2.75, 3.05) is 38.2 Å². The Balaban J connectivity index is 1.58. The minimum atomic E-state index is 0.973. The first-order chi connectivity index (χ1) is 8.92. The molecule has 0 aromatic heterocycles. The van der Waals surface area contributed by atoms with Crippen molar-refractivity contribution in [3.05, 3.63) is 29.3 Å². The third-order valence-corrected chi connectivity index (χ3v) is 4.06. The third kappa shape index (κ3) is 2.85. The molecule has 1 fully saturated rings. The van der Waals surface area contributed by atoms with Gasteiger partial charge >= 0.3 is 0 Å². The zero-order valence-corrected chi connectivity index (χ0v) is 11.0. The fourth-order valence-corrected chi connectivity index (χ4v) is 2.92. The Morgan fingerprint density at radius 3 is 2.67 bits per heavy atom. The fraction of sp³-hybridized carbons (Fsp3) is 0.600. The Kier molecular flexibility index (Phi) is 3.81. The van der Waals surface area contributed by atoms with Crippen LogP contribution in [0.2, 0.25) is 0 Å².